The first kappa shape index (κ1) is 29.0. The van der Waals surface area contributed by atoms with E-state index in [0.29, 0.717) is 13.0 Å². The number of carboxylic acid groups (broad SMARTS) is 1. The standard InChI is InChI=1S/C6H14N2O2.C5H10N2O.ClH.Na.H2O/c7-4-2-1-3-5(8)6(9)10;8-5-6-3-1-2-4-7-5;;;/h5H,1-4,7-8H2,(H,9,10);1-4H2,(H2,6,7,8);1H;;1H2/q;;;+1;/p-1. The van der Waals surface area contributed by atoms with Gasteiger partial charge in [-0.2, -0.15) is 0 Å². The number of carboxylic acids is 1. The molecule has 122 valence electrons. The predicted molar refractivity (Wildman–Crippen MR) is 72.8 cm³/mol. The third-order valence-electron chi connectivity index (χ3n) is 2.46. The molecule has 10 heteroatoms. The largest absolute Gasteiger partial charge is 1.00 e. The van der Waals surface area contributed by atoms with Crippen molar-refractivity contribution in [3.63, 3.8) is 0 Å². The quantitative estimate of drug-likeness (QED) is 0.248. The maximum Gasteiger partial charge on any atom is 1.00 e. The molecule has 1 fully saturated rings. The second-order valence-electron chi connectivity index (χ2n) is 4.12. The van der Waals surface area contributed by atoms with Gasteiger partial charge in [0.2, 0.25) is 0 Å². The number of unbranched alkanes of at least 4 members (excludes halogenated alkanes) is 1. The Hall–Kier alpha value is -0.0900. The zero-order valence-corrected chi connectivity index (χ0v) is 15.3. The van der Waals surface area contributed by atoms with Crippen LogP contribution in [-0.4, -0.2) is 48.3 Å². The first-order chi connectivity index (χ1) is 8.57. The molecular formula is C11H26ClN4NaO4. The van der Waals surface area contributed by atoms with Gasteiger partial charge in [-0.05, 0) is 32.2 Å². The van der Waals surface area contributed by atoms with Crippen molar-refractivity contribution in [3.05, 3.63) is 0 Å². The molecule has 0 aromatic carbocycles. The van der Waals surface area contributed by atoms with Crippen molar-refractivity contribution in [3.8, 4) is 0 Å². The number of carbonyl (C=O) groups is 2. The topological polar surface area (TPSA) is 162 Å². The van der Waals surface area contributed by atoms with Crippen molar-refractivity contribution in [1.82, 2.24) is 10.6 Å². The maximum atomic E-state index is 10.5. The van der Waals surface area contributed by atoms with Gasteiger partial charge in [0.1, 0.15) is 6.04 Å². The van der Waals surface area contributed by atoms with E-state index in [-0.39, 0.29) is 53.5 Å². The van der Waals surface area contributed by atoms with E-state index >= 15 is 0 Å². The SMILES string of the molecule is NCCCCC(N)C(=O)O.O.O=C1NCCCCN1.[Cl-].[Na+]. The number of amides is 2. The second-order valence-corrected chi connectivity index (χ2v) is 4.12. The molecule has 0 aliphatic carbocycles. The van der Waals surface area contributed by atoms with Gasteiger partial charge in [0.05, 0.1) is 0 Å². The van der Waals surface area contributed by atoms with E-state index in [1.54, 1.807) is 0 Å². The molecule has 1 saturated heterocycles. The summed E-state index contributed by atoms with van der Waals surface area (Å²) in [5.74, 6) is -0.933. The van der Waals surface area contributed by atoms with Gasteiger partial charge < -0.3 is 45.1 Å². The summed E-state index contributed by atoms with van der Waals surface area (Å²) < 4.78 is 0. The molecule has 1 unspecified atom stereocenters. The summed E-state index contributed by atoms with van der Waals surface area (Å²) in [4.78, 5) is 20.6. The van der Waals surface area contributed by atoms with Crippen LogP contribution in [0.1, 0.15) is 32.1 Å². The van der Waals surface area contributed by atoms with Crippen molar-refractivity contribution in [2.75, 3.05) is 19.6 Å². The number of aliphatic carboxylic acids is 1. The zero-order valence-electron chi connectivity index (χ0n) is 12.5. The van der Waals surface area contributed by atoms with Gasteiger partial charge in [-0.1, -0.05) is 6.42 Å². The van der Waals surface area contributed by atoms with Gasteiger partial charge in [-0.3, -0.25) is 4.79 Å². The van der Waals surface area contributed by atoms with E-state index in [1.165, 1.54) is 0 Å². The van der Waals surface area contributed by atoms with Gasteiger partial charge >= 0.3 is 41.6 Å². The monoisotopic (exact) mass is 336 g/mol. The molecule has 0 saturated carbocycles. The van der Waals surface area contributed by atoms with Crippen LogP contribution in [0.4, 0.5) is 4.79 Å². The Labute approximate surface area is 153 Å². The minimum atomic E-state index is -0.933. The summed E-state index contributed by atoms with van der Waals surface area (Å²) in [5, 5.41) is 13.7. The number of hydrogen-bond donors (Lipinski definition) is 5. The summed E-state index contributed by atoms with van der Waals surface area (Å²) >= 11 is 0. The molecule has 21 heavy (non-hydrogen) atoms. The Morgan fingerprint density at radius 3 is 2.10 bits per heavy atom. The summed E-state index contributed by atoms with van der Waals surface area (Å²) in [6.07, 6.45) is 4.36. The Bertz CT molecular complexity index is 252. The van der Waals surface area contributed by atoms with Crippen LogP contribution >= 0.6 is 0 Å². The first-order valence-electron chi connectivity index (χ1n) is 6.28. The molecule has 1 rings (SSSR count). The molecule has 0 radical (unpaired) electrons. The van der Waals surface area contributed by atoms with Crippen molar-refractivity contribution in [2.24, 2.45) is 11.5 Å². The van der Waals surface area contributed by atoms with Gasteiger partial charge in [-0.15, -0.1) is 0 Å². The first-order valence-corrected chi connectivity index (χ1v) is 6.28. The normalized spacial score (nSPS) is 14.1. The van der Waals surface area contributed by atoms with Crippen molar-refractivity contribution in [2.45, 2.75) is 38.1 Å². The van der Waals surface area contributed by atoms with E-state index in [4.69, 9.17) is 16.6 Å². The van der Waals surface area contributed by atoms with E-state index in [2.05, 4.69) is 10.6 Å². The van der Waals surface area contributed by atoms with E-state index in [1.807, 2.05) is 0 Å². The number of carbonyl (C=O) groups excluding carboxylic acids is 1. The van der Waals surface area contributed by atoms with Gasteiger partial charge in [0.15, 0.2) is 0 Å². The molecule has 1 heterocycles. The fraction of sp³-hybridized carbons (Fsp3) is 0.818. The maximum absolute atomic E-state index is 10.5. The van der Waals surface area contributed by atoms with Crippen LogP contribution < -0.4 is 64.1 Å². The molecule has 8 nitrogen and oxygen atoms in total. The molecule has 9 N–H and O–H groups in total. The third kappa shape index (κ3) is 19.9. The molecule has 0 aromatic rings. The van der Waals surface area contributed by atoms with Crippen LogP contribution in [0.3, 0.4) is 0 Å². The smallest absolute Gasteiger partial charge is 1.00 e. The Kier molecular flexibility index (Phi) is 27.5. The van der Waals surface area contributed by atoms with Crippen LogP contribution in [0.5, 0.6) is 0 Å². The number of urea groups is 1. The molecule has 1 aliphatic heterocycles. The van der Waals surface area contributed by atoms with Gasteiger partial charge in [0.25, 0.3) is 0 Å². The number of nitrogens with one attached hydrogen (secondary N) is 2. The fourth-order valence-corrected chi connectivity index (χ4v) is 1.35. The van der Waals surface area contributed by atoms with Crippen molar-refractivity contribution >= 4 is 12.0 Å². The van der Waals surface area contributed by atoms with Crippen molar-refractivity contribution < 1.29 is 62.1 Å². The van der Waals surface area contributed by atoms with Crippen LogP contribution in [-0.2, 0) is 4.79 Å². The number of hydrogen-bond acceptors (Lipinski definition) is 4. The Balaban J connectivity index is -0.000000122. The third-order valence-corrected chi connectivity index (χ3v) is 2.46. The Morgan fingerprint density at radius 2 is 1.71 bits per heavy atom. The molecule has 0 aromatic heterocycles. The molecule has 2 amide bonds. The average molecular weight is 337 g/mol. The number of nitrogens with two attached hydrogens (primary N) is 2. The van der Waals surface area contributed by atoms with E-state index in [9.17, 15) is 9.59 Å². The van der Waals surface area contributed by atoms with Crippen LogP contribution in [0, 0.1) is 0 Å². The van der Waals surface area contributed by atoms with Crippen molar-refractivity contribution in [1.29, 1.82) is 0 Å². The van der Waals surface area contributed by atoms with Crippen LogP contribution in [0.2, 0.25) is 0 Å². The van der Waals surface area contributed by atoms with Gasteiger partial charge in [0, 0.05) is 13.1 Å². The van der Waals surface area contributed by atoms with E-state index in [0.717, 1.165) is 38.8 Å². The zero-order chi connectivity index (χ0) is 13.8. The number of rotatable bonds is 5. The fourth-order valence-electron chi connectivity index (χ4n) is 1.35. The molecular weight excluding hydrogens is 311 g/mol. The summed E-state index contributed by atoms with van der Waals surface area (Å²) in [5.41, 5.74) is 10.4. The molecule has 1 atom stereocenters. The summed E-state index contributed by atoms with van der Waals surface area (Å²) in [7, 11) is 0. The minimum absolute atomic E-state index is 0. The molecule has 0 bridgehead atoms. The van der Waals surface area contributed by atoms with Gasteiger partial charge in [-0.25, -0.2) is 4.79 Å². The molecule has 1 aliphatic rings. The van der Waals surface area contributed by atoms with Crippen LogP contribution in [0.25, 0.3) is 0 Å². The predicted octanol–water partition coefficient (Wildman–Crippen LogP) is -7.21. The average Bonchev–Trinajstić information content (AvgIpc) is 2.58. The number of halogens is 1. The van der Waals surface area contributed by atoms with Crippen LogP contribution in [0.15, 0.2) is 0 Å². The Morgan fingerprint density at radius 1 is 1.24 bits per heavy atom. The van der Waals surface area contributed by atoms with E-state index < -0.39 is 12.0 Å². The minimum Gasteiger partial charge on any atom is -1.00 e. The second kappa shape index (κ2) is 19.9. The summed E-state index contributed by atoms with van der Waals surface area (Å²) in [6.45, 7) is 2.25. The molecule has 0 spiro atoms. The summed E-state index contributed by atoms with van der Waals surface area (Å²) in [6, 6.07) is -0.742.